The fraction of sp³-hybridized carbons (Fsp3) is 0.562. The molecule has 2 heterocycles. The molecule has 0 amide bonds. The molecular weight excluding hydrogens is 268 g/mol. The summed E-state index contributed by atoms with van der Waals surface area (Å²) in [5.41, 5.74) is 2.35. The van der Waals surface area contributed by atoms with Crippen LogP contribution in [0.15, 0.2) is 23.7 Å². The maximum atomic E-state index is 9.23. The smallest absolute Gasteiger partial charge is 0.0809 e. The SMILES string of the molecule is CC(NCCCC(C)(C)CO)c1cnc2ccsc2c1. The molecule has 1 atom stereocenters. The summed E-state index contributed by atoms with van der Waals surface area (Å²) in [5, 5.41) is 14.8. The van der Waals surface area contributed by atoms with Gasteiger partial charge in [-0.1, -0.05) is 13.8 Å². The van der Waals surface area contributed by atoms with E-state index >= 15 is 0 Å². The van der Waals surface area contributed by atoms with Gasteiger partial charge in [0.2, 0.25) is 0 Å². The van der Waals surface area contributed by atoms with Crippen LogP contribution in [0.25, 0.3) is 10.2 Å². The Balaban J connectivity index is 1.84. The van der Waals surface area contributed by atoms with Crippen LogP contribution in [0.3, 0.4) is 0 Å². The minimum absolute atomic E-state index is 0.0301. The van der Waals surface area contributed by atoms with E-state index in [0.29, 0.717) is 6.04 Å². The first-order chi connectivity index (χ1) is 9.52. The summed E-state index contributed by atoms with van der Waals surface area (Å²) in [7, 11) is 0. The molecule has 2 N–H and O–H groups in total. The van der Waals surface area contributed by atoms with E-state index in [9.17, 15) is 5.11 Å². The van der Waals surface area contributed by atoms with Gasteiger partial charge >= 0.3 is 0 Å². The Morgan fingerprint density at radius 1 is 1.45 bits per heavy atom. The van der Waals surface area contributed by atoms with Gasteiger partial charge in [0.25, 0.3) is 0 Å². The van der Waals surface area contributed by atoms with Gasteiger partial charge in [-0.3, -0.25) is 4.98 Å². The third-order valence-corrected chi connectivity index (χ3v) is 4.59. The molecule has 4 heteroatoms. The number of hydrogen-bond acceptors (Lipinski definition) is 4. The summed E-state index contributed by atoms with van der Waals surface area (Å²) in [6, 6.07) is 4.59. The molecule has 0 aliphatic carbocycles. The van der Waals surface area contributed by atoms with Crippen molar-refractivity contribution in [3.63, 3.8) is 0 Å². The number of aliphatic hydroxyl groups is 1. The van der Waals surface area contributed by atoms with Crippen molar-refractivity contribution in [2.24, 2.45) is 5.41 Å². The van der Waals surface area contributed by atoms with Crippen LogP contribution in [-0.2, 0) is 0 Å². The number of hydrogen-bond donors (Lipinski definition) is 2. The lowest BCUT2D eigenvalue weighted by Crippen LogP contribution is -2.23. The molecule has 0 spiro atoms. The number of fused-ring (bicyclic) bond motifs is 1. The number of aromatic nitrogens is 1. The number of rotatable bonds is 7. The van der Waals surface area contributed by atoms with Crippen molar-refractivity contribution in [3.8, 4) is 0 Å². The van der Waals surface area contributed by atoms with Gasteiger partial charge < -0.3 is 10.4 Å². The molecule has 0 radical (unpaired) electrons. The van der Waals surface area contributed by atoms with E-state index in [1.54, 1.807) is 11.3 Å². The average molecular weight is 292 g/mol. The molecule has 110 valence electrons. The molecule has 0 aliphatic heterocycles. The summed E-state index contributed by atoms with van der Waals surface area (Å²) in [5.74, 6) is 0. The number of aliphatic hydroxyl groups excluding tert-OH is 1. The predicted molar refractivity (Wildman–Crippen MR) is 86.1 cm³/mol. The largest absolute Gasteiger partial charge is 0.396 e. The number of nitrogens with one attached hydrogen (secondary N) is 1. The van der Waals surface area contributed by atoms with Crippen LogP contribution in [0.1, 0.15) is 45.2 Å². The van der Waals surface area contributed by atoms with E-state index in [4.69, 9.17) is 0 Å². The molecule has 0 bridgehead atoms. The summed E-state index contributed by atoms with van der Waals surface area (Å²) in [4.78, 5) is 4.48. The minimum Gasteiger partial charge on any atom is -0.396 e. The van der Waals surface area contributed by atoms with Crippen molar-refractivity contribution in [3.05, 3.63) is 29.3 Å². The highest BCUT2D eigenvalue weighted by atomic mass is 32.1. The highest BCUT2D eigenvalue weighted by Crippen LogP contribution is 2.23. The van der Waals surface area contributed by atoms with Crippen LogP contribution in [-0.4, -0.2) is 23.2 Å². The lowest BCUT2D eigenvalue weighted by Gasteiger charge is -2.22. The van der Waals surface area contributed by atoms with Crippen LogP contribution in [0.5, 0.6) is 0 Å². The highest BCUT2D eigenvalue weighted by Gasteiger charge is 2.15. The highest BCUT2D eigenvalue weighted by molar-refractivity contribution is 7.17. The first-order valence-electron chi connectivity index (χ1n) is 7.19. The number of nitrogens with zero attached hydrogens (tertiary/aromatic N) is 1. The average Bonchev–Trinajstić information content (AvgIpc) is 2.90. The Hall–Kier alpha value is -0.970. The molecule has 20 heavy (non-hydrogen) atoms. The van der Waals surface area contributed by atoms with Gasteiger partial charge in [0.05, 0.1) is 10.2 Å². The molecule has 2 rings (SSSR count). The van der Waals surface area contributed by atoms with Crippen molar-refractivity contribution in [1.29, 1.82) is 0 Å². The molecule has 2 aromatic heterocycles. The maximum Gasteiger partial charge on any atom is 0.0809 e. The fourth-order valence-corrected chi connectivity index (χ4v) is 2.97. The predicted octanol–water partition coefficient (Wildman–Crippen LogP) is 3.75. The molecule has 2 aromatic rings. The standard InChI is InChI=1S/C16H24N2OS/c1-12(17-7-4-6-16(2,3)11-19)13-9-15-14(18-10-13)5-8-20-15/h5,8-10,12,17,19H,4,6-7,11H2,1-3H3. The summed E-state index contributed by atoms with van der Waals surface area (Å²) >= 11 is 1.74. The molecule has 0 saturated carbocycles. The fourth-order valence-electron chi connectivity index (χ4n) is 2.18. The zero-order valence-electron chi connectivity index (χ0n) is 12.5. The van der Waals surface area contributed by atoms with Crippen LogP contribution in [0, 0.1) is 5.41 Å². The Labute approximate surface area is 125 Å². The van der Waals surface area contributed by atoms with E-state index in [2.05, 4.69) is 48.6 Å². The van der Waals surface area contributed by atoms with Gasteiger partial charge in [-0.05, 0) is 54.8 Å². The number of thiophene rings is 1. The van der Waals surface area contributed by atoms with Crippen LogP contribution in [0.2, 0.25) is 0 Å². The third kappa shape index (κ3) is 4.01. The lowest BCUT2D eigenvalue weighted by molar-refractivity contribution is 0.147. The van der Waals surface area contributed by atoms with Crippen LogP contribution < -0.4 is 5.32 Å². The Kier molecular flexibility index (Phi) is 5.13. The van der Waals surface area contributed by atoms with Crippen LogP contribution >= 0.6 is 11.3 Å². The second-order valence-corrected chi connectivity index (χ2v) is 7.12. The minimum atomic E-state index is 0.0301. The summed E-state index contributed by atoms with van der Waals surface area (Å²) < 4.78 is 1.25. The molecule has 0 aromatic carbocycles. The molecule has 1 unspecified atom stereocenters. The van der Waals surface area contributed by atoms with Gasteiger partial charge in [-0.25, -0.2) is 0 Å². The summed E-state index contributed by atoms with van der Waals surface area (Å²) in [6.45, 7) is 7.60. The molecule has 0 aliphatic rings. The molecule has 0 saturated heterocycles. The van der Waals surface area contributed by atoms with Crippen molar-refractivity contribution >= 4 is 21.6 Å². The van der Waals surface area contributed by atoms with Gasteiger partial charge in [0.15, 0.2) is 0 Å². The van der Waals surface area contributed by atoms with Crippen LogP contribution in [0.4, 0.5) is 0 Å². The summed E-state index contributed by atoms with van der Waals surface area (Å²) in [6.07, 6.45) is 4.07. The van der Waals surface area contributed by atoms with Crippen molar-refractivity contribution in [2.45, 2.75) is 39.7 Å². The van der Waals surface area contributed by atoms with Gasteiger partial charge in [-0.15, -0.1) is 11.3 Å². The van der Waals surface area contributed by atoms with Gasteiger partial charge in [-0.2, -0.15) is 0 Å². The third-order valence-electron chi connectivity index (χ3n) is 3.73. The van der Waals surface area contributed by atoms with Gasteiger partial charge in [0.1, 0.15) is 0 Å². The zero-order valence-corrected chi connectivity index (χ0v) is 13.3. The zero-order chi connectivity index (χ0) is 14.6. The van der Waals surface area contributed by atoms with E-state index < -0.39 is 0 Å². The Bertz CT molecular complexity index is 550. The maximum absolute atomic E-state index is 9.23. The van der Waals surface area contributed by atoms with E-state index in [1.807, 2.05) is 6.20 Å². The van der Waals surface area contributed by atoms with Crippen molar-refractivity contribution < 1.29 is 5.11 Å². The normalized spacial score (nSPS) is 13.8. The molecular formula is C16H24N2OS. The van der Waals surface area contributed by atoms with E-state index in [0.717, 1.165) is 24.9 Å². The quantitative estimate of drug-likeness (QED) is 0.764. The number of pyridine rings is 1. The van der Waals surface area contributed by atoms with Crippen molar-refractivity contribution in [1.82, 2.24) is 10.3 Å². The van der Waals surface area contributed by atoms with Crippen molar-refractivity contribution in [2.75, 3.05) is 13.2 Å². The Morgan fingerprint density at radius 3 is 3.00 bits per heavy atom. The first-order valence-corrected chi connectivity index (χ1v) is 8.07. The van der Waals surface area contributed by atoms with E-state index in [-0.39, 0.29) is 12.0 Å². The second-order valence-electron chi connectivity index (χ2n) is 6.17. The topological polar surface area (TPSA) is 45.1 Å². The monoisotopic (exact) mass is 292 g/mol. The molecule has 3 nitrogen and oxygen atoms in total. The van der Waals surface area contributed by atoms with E-state index in [1.165, 1.54) is 10.3 Å². The first kappa shape index (κ1) is 15.4. The Morgan fingerprint density at radius 2 is 2.25 bits per heavy atom. The molecule has 0 fully saturated rings. The van der Waals surface area contributed by atoms with Gasteiger partial charge in [0, 0.05) is 18.8 Å². The second kappa shape index (κ2) is 6.66. The lowest BCUT2D eigenvalue weighted by atomic mass is 9.89.